The molecule has 0 aromatic heterocycles. The minimum Gasteiger partial charge on any atom is -0.139 e. The SMILES string of the molecule is Cc1ccc([Si](Cl)(Cl)C(C)C)cc1. The molecule has 72 valence electrons. The molecule has 0 fully saturated rings. The fourth-order valence-electron chi connectivity index (χ4n) is 1.11. The van der Waals surface area contributed by atoms with E-state index in [4.69, 9.17) is 22.2 Å². The van der Waals surface area contributed by atoms with Crippen molar-refractivity contribution >= 4 is 34.0 Å². The quantitative estimate of drug-likeness (QED) is 0.541. The standard InChI is InChI=1S/C10H14Cl2Si/c1-8(2)13(11,12)10-6-4-9(3)5-7-10/h4-8H,1-3H3. The summed E-state index contributed by atoms with van der Waals surface area (Å²) < 4.78 is 0. The van der Waals surface area contributed by atoms with E-state index in [1.54, 1.807) is 0 Å². The van der Waals surface area contributed by atoms with Crippen LogP contribution in [0.5, 0.6) is 0 Å². The van der Waals surface area contributed by atoms with Gasteiger partial charge < -0.3 is 0 Å². The largest absolute Gasteiger partial charge is 0.283 e. The van der Waals surface area contributed by atoms with Gasteiger partial charge in [0.15, 0.2) is 0 Å². The molecule has 13 heavy (non-hydrogen) atoms. The first-order valence-electron chi connectivity index (χ1n) is 4.39. The summed E-state index contributed by atoms with van der Waals surface area (Å²) in [6.07, 6.45) is 0. The van der Waals surface area contributed by atoms with Crippen LogP contribution in [0.25, 0.3) is 0 Å². The van der Waals surface area contributed by atoms with Gasteiger partial charge in [0.1, 0.15) is 0 Å². The van der Waals surface area contributed by atoms with Crippen LogP contribution in [0.15, 0.2) is 24.3 Å². The Bertz CT molecular complexity index is 277. The van der Waals surface area contributed by atoms with Gasteiger partial charge >= 0.3 is 0 Å². The maximum Gasteiger partial charge on any atom is 0.283 e. The Hall–Kier alpha value is 0.0169. The molecular formula is C10H14Cl2Si. The van der Waals surface area contributed by atoms with Gasteiger partial charge in [0.2, 0.25) is 0 Å². The zero-order chi connectivity index (χ0) is 10.1. The molecule has 3 heteroatoms. The van der Waals surface area contributed by atoms with Crippen molar-refractivity contribution in [2.24, 2.45) is 0 Å². The van der Waals surface area contributed by atoms with Gasteiger partial charge in [-0.15, -0.1) is 22.2 Å². The Balaban J connectivity index is 3.01. The molecule has 0 aliphatic carbocycles. The van der Waals surface area contributed by atoms with E-state index in [-0.39, 0.29) is 0 Å². The first kappa shape index (κ1) is 11.1. The molecule has 0 bridgehead atoms. The van der Waals surface area contributed by atoms with Crippen LogP contribution in [-0.2, 0) is 0 Å². The van der Waals surface area contributed by atoms with Crippen molar-refractivity contribution in [2.75, 3.05) is 0 Å². The minimum atomic E-state index is -2.24. The third kappa shape index (κ3) is 2.49. The van der Waals surface area contributed by atoms with Gasteiger partial charge in [-0.25, -0.2) is 0 Å². The Morgan fingerprint density at radius 3 is 1.92 bits per heavy atom. The molecule has 0 amide bonds. The molecule has 0 saturated carbocycles. The highest BCUT2D eigenvalue weighted by Crippen LogP contribution is 2.28. The molecule has 0 spiro atoms. The van der Waals surface area contributed by atoms with Crippen LogP contribution >= 0.6 is 22.2 Å². The van der Waals surface area contributed by atoms with E-state index in [0.29, 0.717) is 5.54 Å². The maximum absolute atomic E-state index is 6.35. The van der Waals surface area contributed by atoms with Crippen molar-refractivity contribution in [3.8, 4) is 0 Å². The lowest BCUT2D eigenvalue weighted by atomic mass is 10.2. The molecule has 0 radical (unpaired) electrons. The van der Waals surface area contributed by atoms with Crippen LogP contribution in [0.1, 0.15) is 19.4 Å². The average Bonchev–Trinajstić information content (AvgIpc) is 2.04. The summed E-state index contributed by atoms with van der Waals surface area (Å²) >= 11 is 12.7. The van der Waals surface area contributed by atoms with Gasteiger partial charge in [0.05, 0.1) is 0 Å². The Labute approximate surface area is 90.3 Å². The molecule has 1 rings (SSSR count). The second-order valence-corrected chi connectivity index (χ2v) is 10.8. The Morgan fingerprint density at radius 2 is 1.54 bits per heavy atom. The van der Waals surface area contributed by atoms with Gasteiger partial charge in [-0.3, -0.25) is 0 Å². The third-order valence-corrected chi connectivity index (χ3v) is 8.64. The lowest BCUT2D eigenvalue weighted by molar-refractivity contribution is 1.05. The molecule has 0 saturated heterocycles. The van der Waals surface area contributed by atoms with E-state index in [1.165, 1.54) is 5.56 Å². The summed E-state index contributed by atoms with van der Waals surface area (Å²) in [7, 11) is 0. The molecule has 1 aromatic rings. The fraction of sp³-hybridized carbons (Fsp3) is 0.400. The number of hydrogen-bond donors (Lipinski definition) is 0. The summed E-state index contributed by atoms with van der Waals surface area (Å²) in [5.41, 5.74) is 1.59. The summed E-state index contributed by atoms with van der Waals surface area (Å²) in [5, 5.41) is 1.11. The number of benzene rings is 1. The number of hydrogen-bond acceptors (Lipinski definition) is 0. The molecule has 0 nitrogen and oxygen atoms in total. The molecule has 0 unspecified atom stereocenters. The van der Waals surface area contributed by atoms with Gasteiger partial charge in [-0.2, -0.15) is 0 Å². The van der Waals surface area contributed by atoms with Gasteiger partial charge in [0.25, 0.3) is 6.69 Å². The Morgan fingerprint density at radius 1 is 1.08 bits per heavy atom. The van der Waals surface area contributed by atoms with E-state index in [9.17, 15) is 0 Å². The maximum atomic E-state index is 6.35. The molecule has 0 atom stereocenters. The molecule has 0 N–H and O–H groups in total. The highest BCUT2D eigenvalue weighted by molar-refractivity contribution is 7.51. The van der Waals surface area contributed by atoms with Gasteiger partial charge in [0, 0.05) is 0 Å². The summed E-state index contributed by atoms with van der Waals surface area (Å²) in [6.45, 7) is 3.98. The monoisotopic (exact) mass is 232 g/mol. The van der Waals surface area contributed by atoms with E-state index in [1.807, 2.05) is 12.1 Å². The predicted molar refractivity (Wildman–Crippen MR) is 63.4 cm³/mol. The second kappa shape index (κ2) is 4.03. The second-order valence-electron chi connectivity index (χ2n) is 3.64. The minimum absolute atomic E-state index is 0.346. The van der Waals surface area contributed by atoms with Crippen molar-refractivity contribution < 1.29 is 0 Å². The van der Waals surface area contributed by atoms with E-state index >= 15 is 0 Å². The highest BCUT2D eigenvalue weighted by Gasteiger charge is 2.34. The molecule has 0 heterocycles. The van der Waals surface area contributed by atoms with Crippen LogP contribution in [0, 0.1) is 6.92 Å². The zero-order valence-electron chi connectivity index (χ0n) is 8.14. The van der Waals surface area contributed by atoms with Crippen LogP contribution < -0.4 is 5.19 Å². The van der Waals surface area contributed by atoms with Crippen LogP contribution in [0.3, 0.4) is 0 Å². The number of halogens is 2. The lowest BCUT2D eigenvalue weighted by Gasteiger charge is -2.21. The van der Waals surface area contributed by atoms with Gasteiger partial charge in [-0.1, -0.05) is 43.7 Å². The lowest BCUT2D eigenvalue weighted by Crippen LogP contribution is -2.39. The summed E-state index contributed by atoms with van der Waals surface area (Å²) in [6, 6.07) is 8.21. The van der Waals surface area contributed by atoms with Gasteiger partial charge in [-0.05, 0) is 17.7 Å². The van der Waals surface area contributed by atoms with E-state index < -0.39 is 6.69 Å². The Kier molecular flexibility index (Phi) is 3.44. The summed E-state index contributed by atoms with van der Waals surface area (Å²) in [4.78, 5) is 0. The van der Waals surface area contributed by atoms with Crippen LogP contribution in [0.2, 0.25) is 5.54 Å². The smallest absolute Gasteiger partial charge is 0.139 e. The fourth-order valence-corrected chi connectivity index (χ4v) is 3.14. The van der Waals surface area contributed by atoms with Crippen molar-refractivity contribution in [2.45, 2.75) is 26.3 Å². The molecule has 0 aliphatic heterocycles. The number of rotatable bonds is 2. The first-order valence-corrected chi connectivity index (χ1v) is 8.49. The van der Waals surface area contributed by atoms with Crippen LogP contribution in [0.4, 0.5) is 0 Å². The summed E-state index contributed by atoms with van der Waals surface area (Å²) in [5.74, 6) is 0. The van der Waals surface area contributed by atoms with Crippen molar-refractivity contribution in [1.29, 1.82) is 0 Å². The zero-order valence-corrected chi connectivity index (χ0v) is 10.7. The third-order valence-electron chi connectivity index (χ3n) is 2.16. The van der Waals surface area contributed by atoms with E-state index in [2.05, 4.69) is 32.9 Å². The highest BCUT2D eigenvalue weighted by atomic mass is 35.7. The first-order chi connectivity index (χ1) is 5.94. The molecular weight excluding hydrogens is 219 g/mol. The molecule has 0 aliphatic rings. The topological polar surface area (TPSA) is 0 Å². The molecule has 1 aromatic carbocycles. The average molecular weight is 233 g/mol. The van der Waals surface area contributed by atoms with Crippen molar-refractivity contribution in [3.63, 3.8) is 0 Å². The normalized spacial score (nSPS) is 12.2. The van der Waals surface area contributed by atoms with E-state index in [0.717, 1.165) is 5.19 Å². The number of aryl methyl sites for hydroxylation is 1. The predicted octanol–water partition coefficient (Wildman–Crippen LogP) is 3.53. The van der Waals surface area contributed by atoms with Crippen molar-refractivity contribution in [1.82, 2.24) is 0 Å². The van der Waals surface area contributed by atoms with Crippen molar-refractivity contribution in [3.05, 3.63) is 29.8 Å². The van der Waals surface area contributed by atoms with Crippen LogP contribution in [-0.4, -0.2) is 6.69 Å².